The number of halogens is 1. The van der Waals surface area contributed by atoms with E-state index >= 15 is 0 Å². The molecule has 0 aliphatic carbocycles. The van der Waals surface area contributed by atoms with E-state index in [9.17, 15) is 9.18 Å². The quantitative estimate of drug-likeness (QED) is 0.908. The van der Waals surface area contributed by atoms with Crippen LogP contribution in [0.4, 0.5) is 15.8 Å². The maximum absolute atomic E-state index is 14.2. The Morgan fingerprint density at radius 2 is 1.91 bits per heavy atom. The fraction of sp³-hybridized carbons (Fsp3) is 0.588. The molecule has 1 fully saturated rings. The summed E-state index contributed by atoms with van der Waals surface area (Å²) in [5.41, 5.74) is 1.21. The number of nitrogens with zero attached hydrogens (tertiary/aromatic N) is 2. The van der Waals surface area contributed by atoms with Crippen molar-refractivity contribution in [3.63, 3.8) is 0 Å². The van der Waals surface area contributed by atoms with Crippen LogP contribution in [0.15, 0.2) is 18.2 Å². The molecule has 1 aromatic carbocycles. The number of hydrogen-bond acceptors (Lipinski definition) is 3. The molecule has 1 N–H and O–H groups in total. The summed E-state index contributed by atoms with van der Waals surface area (Å²) in [6.45, 7) is 7.52. The third kappa shape index (κ3) is 3.70. The smallest absolute Gasteiger partial charge is 0.244 e. The van der Waals surface area contributed by atoms with Gasteiger partial charge in [0, 0.05) is 31.9 Å². The molecule has 22 heavy (non-hydrogen) atoms. The number of benzene rings is 1. The number of hydrogen-bond donors (Lipinski definition) is 1. The van der Waals surface area contributed by atoms with E-state index in [1.807, 2.05) is 43.7 Å². The van der Waals surface area contributed by atoms with Crippen molar-refractivity contribution in [3.05, 3.63) is 24.0 Å². The van der Waals surface area contributed by atoms with Crippen LogP contribution < -0.4 is 10.2 Å². The zero-order valence-corrected chi connectivity index (χ0v) is 13.9. The monoisotopic (exact) mass is 307 g/mol. The van der Waals surface area contributed by atoms with Gasteiger partial charge in [0.1, 0.15) is 11.9 Å². The van der Waals surface area contributed by atoms with Crippen LogP contribution in [0.1, 0.15) is 33.6 Å². The van der Waals surface area contributed by atoms with Crippen molar-refractivity contribution < 1.29 is 9.18 Å². The van der Waals surface area contributed by atoms with Crippen LogP contribution in [0, 0.1) is 5.82 Å². The van der Waals surface area contributed by atoms with E-state index in [0.717, 1.165) is 25.9 Å². The molecule has 1 saturated heterocycles. The van der Waals surface area contributed by atoms with Gasteiger partial charge in [0.05, 0.1) is 5.69 Å². The van der Waals surface area contributed by atoms with Gasteiger partial charge in [-0.1, -0.05) is 0 Å². The standard InChI is InChI=1S/C17H26FN3O/c1-12(2)20(4)16-8-7-14(11-15(16)18)19-13(3)17(22)21-9-5-6-10-21/h7-8,11-13,19H,5-6,9-10H2,1-4H3/t13-/m0/s1. The number of nitrogens with one attached hydrogen (secondary N) is 1. The first kappa shape index (κ1) is 16.6. The minimum Gasteiger partial charge on any atom is -0.374 e. The molecule has 0 saturated carbocycles. The zero-order chi connectivity index (χ0) is 16.3. The lowest BCUT2D eigenvalue weighted by Crippen LogP contribution is -2.39. The number of anilines is 2. The zero-order valence-electron chi connectivity index (χ0n) is 13.9. The highest BCUT2D eigenvalue weighted by atomic mass is 19.1. The molecular formula is C17H26FN3O. The molecular weight excluding hydrogens is 281 g/mol. The average Bonchev–Trinajstić information content (AvgIpc) is 3.00. The van der Waals surface area contributed by atoms with Crippen LogP contribution in [0.2, 0.25) is 0 Å². The highest BCUT2D eigenvalue weighted by molar-refractivity contribution is 5.84. The molecule has 0 spiro atoms. The van der Waals surface area contributed by atoms with Gasteiger partial charge in [-0.2, -0.15) is 0 Å². The molecule has 2 rings (SSSR count). The van der Waals surface area contributed by atoms with Gasteiger partial charge in [0.25, 0.3) is 0 Å². The van der Waals surface area contributed by atoms with Crippen LogP contribution in [0.5, 0.6) is 0 Å². The molecule has 1 amide bonds. The van der Waals surface area contributed by atoms with Gasteiger partial charge in [-0.15, -0.1) is 0 Å². The van der Waals surface area contributed by atoms with Gasteiger partial charge in [-0.3, -0.25) is 4.79 Å². The highest BCUT2D eigenvalue weighted by Crippen LogP contribution is 2.24. The molecule has 4 nitrogen and oxygen atoms in total. The Bertz CT molecular complexity index is 527. The van der Waals surface area contributed by atoms with E-state index in [4.69, 9.17) is 0 Å². The molecule has 0 bridgehead atoms. The first-order chi connectivity index (χ1) is 10.4. The number of likely N-dealkylation sites (tertiary alicyclic amines) is 1. The molecule has 0 radical (unpaired) electrons. The summed E-state index contributed by atoms with van der Waals surface area (Å²) < 4.78 is 14.2. The summed E-state index contributed by atoms with van der Waals surface area (Å²) in [7, 11) is 1.87. The minimum atomic E-state index is -0.342. The van der Waals surface area contributed by atoms with Gasteiger partial charge >= 0.3 is 0 Å². The molecule has 1 aromatic rings. The molecule has 1 aliphatic heterocycles. The largest absolute Gasteiger partial charge is 0.374 e. The second-order valence-corrected chi connectivity index (χ2v) is 6.27. The first-order valence-corrected chi connectivity index (χ1v) is 7.98. The SMILES string of the molecule is CC(C)N(C)c1ccc(N[C@@H](C)C(=O)N2CCCC2)cc1F. The molecule has 0 unspecified atom stereocenters. The lowest BCUT2D eigenvalue weighted by atomic mass is 10.2. The Morgan fingerprint density at radius 1 is 1.27 bits per heavy atom. The molecule has 1 heterocycles. The summed E-state index contributed by atoms with van der Waals surface area (Å²) >= 11 is 0. The Morgan fingerprint density at radius 3 is 2.45 bits per heavy atom. The maximum Gasteiger partial charge on any atom is 0.244 e. The summed E-state index contributed by atoms with van der Waals surface area (Å²) in [6.07, 6.45) is 2.15. The molecule has 1 atom stereocenters. The Hall–Kier alpha value is -1.78. The van der Waals surface area contributed by atoms with Gasteiger partial charge < -0.3 is 15.1 Å². The van der Waals surface area contributed by atoms with Crippen molar-refractivity contribution in [3.8, 4) is 0 Å². The van der Waals surface area contributed by atoms with Crippen molar-refractivity contribution >= 4 is 17.3 Å². The van der Waals surface area contributed by atoms with E-state index in [1.54, 1.807) is 6.07 Å². The first-order valence-electron chi connectivity index (χ1n) is 7.98. The van der Waals surface area contributed by atoms with Gasteiger partial charge in [0.2, 0.25) is 5.91 Å². The number of carbonyl (C=O) groups excluding carboxylic acids is 1. The van der Waals surface area contributed by atoms with Crippen LogP contribution in [-0.4, -0.2) is 43.0 Å². The lowest BCUT2D eigenvalue weighted by Gasteiger charge is -2.25. The van der Waals surface area contributed by atoms with E-state index in [2.05, 4.69) is 5.32 Å². The van der Waals surface area contributed by atoms with Crippen LogP contribution in [-0.2, 0) is 4.79 Å². The maximum atomic E-state index is 14.2. The van der Waals surface area contributed by atoms with Gasteiger partial charge in [-0.05, 0) is 51.8 Å². The molecule has 5 heteroatoms. The van der Waals surface area contributed by atoms with Crippen molar-refractivity contribution in [2.75, 3.05) is 30.4 Å². The molecule has 1 aliphatic rings. The second-order valence-electron chi connectivity index (χ2n) is 6.27. The lowest BCUT2D eigenvalue weighted by molar-refractivity contribution is -0.130. The van der Waals surface area contributed by atoms with Crippen LogP contribution in [0.25, 0.3) is 0 Å². The van der Waals surface area contributed by atoms with Crippen molar-refractivity contribution in [2.24, 2.45) is 0 Å². The summed E-state index contributed by atoms with van der Waals surface area (Å²) in [6, 6.07) is 4.92. The molecule has 0 aromatic heterocycles. The van der Waals surface area contributed by atoms with Crippen molar-refractivity contribution in [1.82, 2.24) is 4.90 Å². The fourth-order valence-corrected chi connectivity index (χ4v) is 2.68. The van der Waals surface area contributed by atoms with E-state index in [0.29, 0.717) is 11.4 Å². The number of amides is 1. The predicted molar refractivity (Wildman–Crippen MR) is 88.8 cm³/mol. The van der Waals surface area contributed by atoms with Crippen LogP contribution in [0.3, 0.4) is 0 Å². The van der Waals surface area contributed by atoms with Crippen LogP contribution >= 0.6 is 0 Å². The number of carbonyl (C=O) groups is 1. The Balaban J connectivity index is 2.04. The minimum absolute atomic E-state index is 0.0845. The van der Waals surface area contributed by atoms with E-state index in [-0.39, 0.29) is 23.8 Å². The van der Waals surface area contributed by atoms with E-state index < -0.39 is 0 Å². The summed E-state index contributed by atoms with van der Waals surface area (Å²) in [4.78, 5) is 16.0. The Kier molecular flexibility index (Phi) is 5.27. The predicted octanol–water partition coefficient (Wildman–Crippen LogP) is 3.09. The van der Waals surface area contributed by atoms with E-state index in [1.165, 1.54) is 6.07 Å². The third-order valence-electron chi connectivity index (χ3n) is 4.27. The third-order valence-corrected chi connectivity index (χ3v) is 4.27. The van der Waals surface area contributed by atoms with Crippen molar-refractivity contribution in [1.29, 1.82) is 0 Å². The highest BCUT2D eigenvalue weighted by Gasteiger charge is 2.23. The fourth-order valence-electron chi connectivity index (χ4n) is 2.68. The second kappa shape index (κ2) is 6.99. The Labute approximate surface area is 132 Å². The summed E-state index contributed by atoms with van der Waals surface area (Å²) in [5, 5.41) is 3.11. The topological polar surface area (TPSA) is 35.6 Å². The summed E-state index contributed by atoms with van der Waals surface area (Å²) in [5.74, 6) is -0.191. The number of rotatable bonds is 5. The van der Waals surface area contributed by atoms with Gasteiger partial charge in [-0.25, -0.2) is 4.39 Å². The van der Waals surface area contributed by atoms with Gasteiger partial charge in [0.15, 0.2) is 0 Å². The molecule has 122 valence electrons. The normalized spacial score (nSPS) is 16.0. The van der Waals surface area contributed by atoms with Crippen molar-refractivity contribution in [2.45, 2.75) is 45.7 Å². The average molecular weight is 307 g/mol.